The van der Waals surface area contributed by atoms with E-state index >= 15 is 0 Å². The Bertz CT molecular complexity index is 592. The molecule has 18 heavy (non-hydrogen) atoms. The Morgan fingerprint density at radius 2 is 2.17 bits per heavy atom. The van der Waals surface area contributed by atoms with Gasteiger partial charge in [0.05, 0.1) is 17.6 Å². The standard InChI is InChI=1S/C12H9NO4S/c1-17-12(14)9-5-8(11-3-2-4-18-11)6-10(7-9)13(15)16/h2-7H,1H3. The average Bonchev–Trinajstić information content (AvgIpc) is 2.91. The average molecular weight is 263 g/mol. The molecule has 0 bridgehead atoms. The van der Waals surface area contributed by atoms with Gasteiger partial charge in [-0.25, -0.2) is 4.79 Å². The normalized spacial score (nSPS) is 10.1. The lowest BCUT2D eigenvalue weighted by Crippen LogP contribution is -2.02. The van der Waals surface area contributed by atoms with E-state index in [0.29, 0.717) is 5.56 Å². The molecule has 0 aliphatic rings. The number of hydrogen-bond acceptors (Lipinski definition) is 5. The number of benzene rings is 1. The van der Waals surface area contributed by atoms with Gasteiger partial charge in [-0.05, 0) is 23.1 Å². The number of hydrogen-bond donors (Lipinski definition) is 0. The third kappa shape index (κ3) is 2.38. The Morgan fingerprint density at radius 3 is 2.72 bits per heavy atom. The zero-order chi connectivity index (χ0) is 13.1. The molecule has 0 N–H and O–H groups in total. The first-order valence-corrected chi connectivity index (χ1v) is 5.91. The molecule has 1 aromatic heterocycles. The van der Waals surface area contributed by atoms with Crippen LogP contribution in [0.25, 0.3) is 10.4 Å². The van der Waals surface area contributed by atoms with E-state index in [-0.39, 0.29) is 11.3 Å². The highest BCUT2D eigenvalue weighted by Gasteiger charge is 2.15. The van der Waals surface area contributed by atoms with E-state index in [4.69, 9.17) is 0 Å². The number of nitrogens with zero attached hydrogens (tertiary/aromatic N) is 1. The number of ether oxygens (including phenoxy) is 1. The molecule has 5 nitrogen and oxygen atoms in total. The van der Waals surface area contributed by atoms with Crippen molar-refractivity contribution < 1.29 is 14.5 Å². The lowest BCUT2D eigenvalue weighted by Gasteiger charge is -2.03. The van der Waals surface area contributed by atoms with Crippen molar-refractivity contribution in [3.63, 3.8) is 0 Å². The van der Waals surface area contributed by atoms with Crippen molar-refractivity contribution in [2.45, 2.75) is 0 Å². The monoisotopic (exact) mass is 263 g/mol. The van der Waals surface area contributed by atoms with Gasteiger partial charge in [0.2, 0.25) is 0 Å². The summed E-state index contributed by atoms with van der Waals surface area (Å²) in [5.41, 5.74) is 0.691. The molecule has 0 fully saturated rings. The minimum Gasteiger partial charge on any atom is -0.465 e. The summed E-state index contributed by atoms with van der Waals surface area (Å²) in [4.78, 5) is 22.7. The number of non-ortho nitro benzene ring substituents is 1. The third-order valence-electron chi connectivity index (χ3n) is 2.36. The van der Waals surface area contributed by atoms with Gasteiger partial charge < -0.3 is 4.74 Å². The number of methoxy groups -OCH3 is 1. The molecule has 92 valence electrons. The third-order valence-corrected chi connectivity index (χ3v) is 3.27. The Hall–Kier alpha value is -2.21. The largest absolute Gasteiger partial charge is 0.465 e. The number of nitro groups is 1. The van der Waals surface area contributed by atoms with E-state index in [1.807, 2.05) is 17.5 Å². The van der Waals surface area contributed by atoms with Crippen molar-refractivity contribution in [3.05, 3.63) is 51.4 Å². The smallest absolute Gasteiger partial charge is 0.338 e. The fourth-order valence-electron chi connectivity index (χ4n) is 1.54. The van der Waals surface area contributed by atoms with Gasteiger partial charge >= 0.3 is 5.97 Å². The first kappa shape index (κ1) is 12.3. The van der Waals surface area contributed by atoms with Crippen molar-refractivity contribution in [2.24, 2.45) is 0 Å². The number of rotatable bonds is 3. The Morgan fingerprint density at radius 1 is 1.39 bits per heavy atom. The summed E-state index contributed by atoms with van der Waals surface area (Å²) in [6, 6.07) is 7.92. The van der Waals surface area contributed by atoms with Crippen LogP contribution in [0.4, 0.5) is 5.69 Å². The molecule has 0 saturated carbocycles. The van der Waals surface area contributed by atoms with Gasteiger partial charge in [0.25, 0.3) is 5.69 Å². The van der Waals surface area contributed by atoms with E-state index in [2.05, 4.69) is 4.74 Å². The fourth-order valence-corrected chi connectivity index (χ4v) is 2.25. The molecule has 2 rings (SSSR count). The lowest BCUT2D eigenvalue weighted by atomic mass is 10.1. The maximum absolute atomic E-state index is 11.5. The van der Waals surface area contributed by atoms with Gasteiger partial charge in [0, 0.05) is 17.0 Å². The summed E-state index contributed by atoms with van der Waals surface area (Å²) < 4.78 is 4.59. The zero-order valence-corrected chi connectivity index (χ0v) is 10.3. The maximum Gasteiger partial charge on any atom is 0.338 e. The van der Waals surface area contributed by atoms with Crippen LogP contribution in [0.15, 0.2) is 35.7 Å². The predicted octanol–water partition coefficient (Wildman–Crippen LogP) is 3.11. The Balaban J connectivity index is 2.57. The second-order valence-corrected chi connectivity index (χ2v) is 4.44. The molecule has 0 unspecified atom stereocenters. The fraction of sp³-hybridized carbons (Fsp3) is 0.0833. The minimum absolute atomic E-state index is 0.124. The second-order valence-electron chi connectivity index (χ2n) is 3.49. The van der Waals surface area contributed by atoms with Crippen molar-refractivity contribution in [1.82, 2.24) is 0 Å². The zero-order valence-electron chi connectivity index (χ0n) is 9.45. The molecule has 0 aliphatic carbocycles. The van der Waals surface area contributed by atoms with Gasteiger partial charge in [0.1, 0.15) is 0 Å². The Kier molecular flexibility index (Phi) is 3.38. The highest BCUT2D eigenvalue weighted by molar-refractivity contribution is 7.13. The van der Waals surface area contributed by atoms with Crippen molar-refractivity contribution >= 4 is 23.0 Å². The van der Waals surface area contributed by atoms with Crippen LogP contribution >= 0.6 is 11.3 Å². The van der Waals surface area contributed by atoms with Gasteiger partial charge in [-0.3, -0.25) is 10.1 Å². The predicted molar refractivity (Wildman–Crippen MR) is 67.7 cm³/mol. The molecular weight excluding hydrogens is 254 g/mol. The van der Waals surface area contributed by atoms with Crippen molar-refractivity contribution in [2.75, 3.05) is 7.11 Å². The van der Waals surface area contributed by atoms with E-state index < -0.39 is 10.9 Å². The quantitative estimate of drug-likeness (QED) is 0.484. The van der Waals surface area contributed by atoms with Gasteiger partial charge in [0.15, 0.2) is 0 Å². The number of nitro benzene ring substituents is 1. The molecule has 1 aromatic carbocycles. The first-order valence-electron chi connectivity index (χ1n) is 5.03. The molecule has 0 spiro atoms. The van der Waals surface area contributed by atoms with Crippen LogP contribution in [0.1, 0.15) is 10.4 Å². The van der Waals surface area contributed by atoms with E-state index in [0.717, 1.165) is 4.88 Å². The van der Waals surface area contributed by atoms with Crippen LogP contribution in [0.3, 0.4) is 0 Å². The molecule has 6 heteroatoms. The van der Waals surface area contributed by atoms with Crippen molar-refractivity contribution in [3.8, 4) is 10.4 Å². The number of esters is 1. The molecule has 0 atom stereocenters. The van der Waals surface area contributed by atoms with Gasteiger partial charge in [-0.15, -0.1) is 11.3 Å². The number of thiophene rings is 1. The minimum atomic E-state index is -0.587. The molecule has 0 amide bonds. The summed E-state index contributed by atoms with van der Waals surface area (Å²) >= 11 is 1.45. The van der Waals surface area contributed by atoms with Gasteiger partial charge in [-0.1, -0.05) is 6.07 Å². The highest BCUT2D eigenvalue weighted by Crippen LogP contribution is 2.29. The maximum atomic E-state index is 11.5. The first-order chi connectivity index (χ1) is 8.61. The summed E-state index contributed by atoms with van der Waals surface area (Å²) in [5.74, 6) is -0.587. The summed E-state index contributed by atoms with van der Waals surface area (Å²) in [7, 11) is 1.24. The summed E-state index contributed by atoms with van der Waals surface area (Å²) in [5, 5.41) is 12.7. The molecule has 0 saturated heterocycles. The molecule has 0 radical (unpaired) electrons. The molecule has 0 aliphatic heterocycles. The Labute approximate surface area is 107 Å². The van der Waals surface area contributed by atoms with Crippen LogP contribution in [0.2, 0.25) is 0 Å². The second kappa shape index (κ2) is 4.97. The molecule has 2 aromatic rings. The number of carbonyl (C=O) groups is 1. The van der Waals surface area contributed by atoms with Crippen LogP contribution in [-0.4, -0.2) is 18.0 Å². The number of carbonyl (C=O) groups excluding carboxylic acids is 1. The molecular formula is C12H9NO4S. The van der Waals surface area contributed by atoms with Crippen LogP contribution in [0, 0.1) is 10.1 Å². The van der Waals surface area contributed by atoms with Crippen LogP contribution in [-0.2, 0) is 4.74 Å². The van der Waals surface area contributed by atoms with E-state index in [1.54, 1.807) is 6.07 Å². The van der Waals surface area contributed by atoms with E-state index in [9.17, 15) is 14.9 Å². The lowest BCUT2D eigenvalue weighted by molar-refractivity contribution is -0.384. The van der Waals surface area contributed by atoms with Crippen molar-refractivity contribution in [1.29, 1.82) is 0 Å². The summed E-state index contributed by atoms with van der Waals surface area (Å²) in [6.45, 7) is 0. The summed E-state index contributed by atoms with van der Waals surface area (Å²) in [6.07, 6.45) is 0. The topological polar surface area (TPSA) is 69.4 Å². The SMILES string of the molecule is COC(=O)c1cc(-c2cccs2)cc([N+](=O)[O-])c1. The van der Waals surface area contributed by atoms with Crippen LogP contribution < -0.4 is 0 Å². The van der Waals surface area contributed by atoms with Crippen LogP contribution in [0.5, 0.6) is 0 Å². The molecule has 1 heterocycles. The highest BCUT2D eigenvalue weighted by atomic mass is 32.1. The van der Waals surface area contributed by atoms with Gasteiger partial charge in [-0.2, -0.15) is 0 Å². The van der Waals surface area contributed by atoms with E-state index in [1.165, 1.54) is 30.6 Å².